The van der Waals surface area contributed by atoms with Crippen LogP contribution in [0.2, 0.25) is 0 Å². The Morgan fingerprint density at radius 2 is 1.75 bits per heavy atom. The number of fused-ring (bicyclic) bond motifs is 1. The first-order valence-electron chi connectivity index (χ1n) is 13.3. The van der Waals surface area contributed by atoms with Crippen LogP contribution >= 0.6 is 0 Å². The number of nitrogens with zero attached hydrogens (tertiary/aromatic N) is 3. The van der Waals surface area contributed by atoms with E-state index in [0.29, 0.717) is 6.54 Å². The van der Waals surface area contributed by atoms with Crippen LogP contribution in [0.5, 0.6) is 0 Å². The lowest BCUT2D eigenvalue weighted by atomic mass is 9.95. The molecule has 2 fully saturated rings. The second-order valence-electron chi connectivity index (χ2n) is 10.1. The lowest BCUT2D eigenvalue weighted by Crippen LogP contribution is -2.41. The van der Waals surface area contributed by atoms with Crippen molar-refractivity contribution in [3.63, 3.8) is 0 Å². The first-order valence-corrected chi connectivity index (χ1v) is 13.3. The van der Waals surface area contributed by atoms with Gasteiger partial charge in [0.1, 0.15) is 5.82 Å². The second kappa shape index (κ2) is 12.0. The fourth-order valence-electron chi connectivity index (χ4n) is 5.47. The molecule has 0 spiro atoms. The van der Waals surface area contributed by atoms with Crippen molar-refractivity contribution in [3.05, 3.63) is 71.7 Å². The van der Waals surface area contributed by atoms with E-state index in [1.165, 1.54) is 22.7 Å². The largest absolute Gasteiger partial charge is 0.379 e. The summed E-state index contributed by atoms with van der Waals surface area (Å²) in [4.78, 5) is 17.6. The van der Waals surface area contributed by atoms with Crippen molar-refractivity contribution < 1.29 is 13.9 Å². The molecule has 3 aromatic rings. The van der Waals surface area contributed by atoms with Crippen LogP contribution in [0.1, 0.15) is 30.5 Å². The van der Waals surface area contributed by atoms with Crippen molar-refractivity contribution in [3.8, 4) is 0 Å². The SMILES string of the molecule is O=C(NCCCN1CCOCC1)C1CCN(Cc2cc3ccccc3n2Cc2cccc(F)c2)CC1. The molecule has 0 saturated carbocycles. The van der Waals surface area contributed by atoms with Gasteiger partial charge < -0.3 is 14.6 Å². The number of rotatable bonds is 9. The van der Waals surface area contributed by atoms with Gasteiger partial charge in [0.25, 0.3) is 0 Å². The normalized spacial score (nSPS) is 18.0. The number of hydrogen-bond donors (Lipinski definition) is 1. The number of para-hydroxylation sites is 1. The highest BCUT2D eigenvalue weighted by atomic mass is 19.1. The summed E-state index contributed by atoms with van der Waals surface area (Å²) in [6, 6.07) is 17.5. The molecule has 0 radical (unpaired) electrons. The van der Waals surface area contributed by atoms with E-state index in [4.69, 9.17) is 4.74 Å². The highest BCUT2D eigenvalue weighted by Gasteiger charge is 2.25. The lowest BCUT2D eigenvalue weighted by molar-refractivity contribution is -0.126. The van der Waals surface area contributed by atoms with Crippen LogP contribution in [-0.4, -0.2) is 72.8 Å². The third-order valence-electron chi connectivity index (χ3n) is 7.52. The fraction of sp³-hybridized carbons (Fsp3) is 0.483. The highest BCUT2D eigenvalue weighted by Crippen LogP contribution is 2.25. The molecule has 2 aliphatic heterocycles. The summed E-state index contributed by atoms with van der Waals surface area (Å²) in [5.41, 5.74) is 3.36. The monoisotopic (exact) mass is 492 g/mol. The molecule has 6 nitrogen and oxygen atoms in total. The van der Waals surface area contributed by atoms with Crippen LogP contribution in [0.4, 0.5) is 4.39 Å². The van der Waals surface area contributed by atoms with Crippen molar-refractivity contribution in [2.45, 2.75) is 32.4 Å². The van der Waals surface area contributed by atoms with Crippen LogP contribution in [0.3, 0.4) is 0 Å². The molecule has 0 atom stereocenters. The maximum Gasteiger partial charge on any atom is 0.223 e. The molecular formula is C29H37FN4O2. The van der Waals surface area contributed by atoms with Gasteiger partial charge in [-0.05, 0) is 74.1 Å². The number of amides is 1. The van der Waals surface area contributed by atoms with Crippen LogP contribution in [-0.2, 0) is 22.6 Å². The van der Waals surface area contributed by atoms with E-state index in [9.17, 15) is 9.18 Å². The van der Waals surface area contributed by atoms with E-state index < -0.39 is 0 Å². The number of likely N-dealkylation sites (tertiary alicyclic amines) is 1. The molecule has 36 heavy (non-hydrogen) atoms. The summed E-state index contributed by atoms with van der Waals surface area (Å²) < 4.78 is 21.5. The Hall–Kier alpha value is -2.74. The summed E-state index contributed by atoms with van der Waals surface area (Å²) in [7, 11) is 0. The average Bonchev–Trinajstić information content (AvgIpc) is 3.24. The van der Waals surface area contributed by atoms with Crippen molar-refractivity contribution in [1.82, 2.24) is 19.7 Å². The van der Waals surface area contributed by atoms with Crippen LogP contribution in [0.15, 0.2) is 54.6 Å². The second-order valence-corrected chi connectivity index (χ2v) is 10.1. The van der Waals surface area contributed by atoms with Gasteiger partial charge in [0.05, 0.1) is 13.2 Å². The molecule has 7 heteroatoms. The number of ether oxygens (including phenoxy) is 1. The van der Waals surface area contributed by atoms with Crippen molar-refractivity contribution in [1.29, 1.82) is 0 Å². The van der Waals surface area contributed by atoms with Crippen LogP contribution in [0.25, 0.3) is 10.9 Å². The molecule has 0 aliphatic carbocycles. The third-order valence-corrected chi connectivity index (χ3v) is 7.52. The zero-order valence-electron chi connectivity index (χ0n) is 21.0. The van der Waals surface area contributed by atoms with Crippen LogP contribution in [0, 0.1) is 11.7 Å². The molecule has 3 heterocycles. The molecule has 2 saturated heterocycles. The molecule has 0 unspecified atom stereocenters. The van der Waals surface area contributed by atoms with Gasteiger partial charge in [-0.2, -0.15) is 0 Å². The fourth-order valence-corrected chi connectivity index (χ4v) is 5.47. The Labute approximate surface area is 213 Å². The minimum atomic E-state index is -0.202. The third kappa shape index (κ3) is 6.33. The van der Waals surface area contributed by atoms with E-state index in [0.717, 1.165) is 83.9 Å². The maximum atomic E-state index is 13.8. The van der Waals surface area contributed by atoms with Gasteiger partial charge in [-0.25, -0.2) is 4.39 Å². The Morgan fingerprint density at radius 3 is 2.56 bits per heavy atom. The van der Waals surface area contributed by atoms with Crippen molar-refractivity contribution in [2.24, 2.45) is 5.92 Å². The number of halogens is 1. The first-order chi connectivity index (χ1) is 17.7. The lowest BCUT2D eigenvalue weighted by Gasteiger charge is -2.31. The molecule has 2 aromatic carbocycles. The molecule has 2 aliphatic rings. The molecule has 1 aromatic heterocycles. The van der Waals surface area contributed by atoms with E-state index in [2.05, 4.69) is 50.0 Å². The number of carbonyl (C=O) groups excluding carboxylic acids is 1. The zero-order valence-corrected chi connectivity index (χ0v) is 21.0. The van der Waals surface area contributed by atoms with E-state index in [1.54, 1.807) is 12.1 Å². The van der Waals surface area contributed by atoms with Gasteiger partial charge in [-0.15, -0.1) is 0 Å². The van der Waals surface area contributed by atoms with Gasteiger partial charge in [-0.3, -0.25) is 14.6 Å². The number of hydrogen-bond acceptors (Lipinski definition) is 4. The van der Waals surface area contributed by atoms with E-state index in [-0.39, 0.29) is 17.6 Å². The average molecular weight is 493 g/mol. The number of aromatic nitrogens is 1. The molecule has 0 bridgehead atoms. The predicted molar refractivity (Wildman–Crippen MR) is 140 cm³/mol. The first kappa shape index (κ1) is 24.9. The predicted octanol–water partition coefficient (Wildman–Crippen LogP) is 3.88. The number of morpholine rings is 1. The summed E-state index contributed by atoms with van der Waals surface area (Å²) in [6.45, 7) is 8.68. The van der Waals surface area contributed by atoms with Gasteiger partial charge in [-0.1, -0.05) is 30.3 Å². The Kier molecular flexibility index (Phi) is 8.31. The quantitative estimate of drug-likeness (QED) is 0.461. The van der Waals surface area contributed by atoms with Crippen molar-refractivity contribution >= 4 is 16.8 Å². The van der Waals surface area contributed by atoms with Gasteiger partial charge in [0, 0.05) is 49.9 Å². The van der Waals surface area contributed by atoms with Gasteiger partial charge in [0.15, 0.2) is 0 Å². The Balaban J connectivity index is 1.14. The van der Waals surface area contributed by atoms with Gasteiger partial charge in [0.2, 0.25) is 5.91 Å². The summed E-state index contributed by atoms with van der Waals surface area (Å²) >= 11 is 0. The topological polar surface area (TPSA) is 49.7 Å². The standard InChI is InChI=1S/C29H37FN4O2/c30-26-7-3-5-23(19-26)21-34-27(20-25-6-1-2-8-28(25)34)22-33-13-9-24(10-14-33)29(35)31-11-4-12-32-15-17-36-18-16-32/h1-3,5-8,19-20,24H,4,9-18,21-22H2,(H,31,35). The summed E-state index contributed by atoms with van der Waals surface area (Å²) in [5, 5.41) is 4.37. The minimum absolute atomic E-state index is 0.0998. The molecular weight excluding hydrogens is 455 g/mol. The number of nitrogens with one attached hydrogen (secondary N) is 1. The number of carbonyl (C=O) groups is 1. The number of benzene rings is 2. The molecule has 1 amide bonds. The Bertz CT molecular complexity index is 1150. The smallest absolute Gasteiger partial charge is 0.223 e. The minimum Gasteiger partial charge on any atom is -0.379 e. The Morgan fingerprint density at radius 1 is 0.944 bits per heavy atom. The van der Waals surface area contributed by atoms with Crippen molar-refractivity contribution in [2.75, 3.05) is 52.5 Å². The summed E-state index contributed by atoms with van der Waals surface area (Å²) in [6.07, 6.45) is 2.76. The maximum absolute atomic E-state index is 13.8. The number of piperidine rings is 1. The van der Waals surface area contributed by atoms with Crippen LogP contribution < -0.4 is 5.32 Å². The molecule has 192 valence electrons. The highest BCUT2D eigenvalue weighted by molar-refractivity contribution is 5.81. The molecule has 5 rings (SSSR count). The molecule has 1 N–H and O–H groups in total. The van der Waals surface area contributed by atoms with E-state index in [1.807, 2.05) is 6.07 Å². The van der Waals surface area contributed by atoms with E-state index >= 15 is 0 Å². The van der Waals surface area contributed by atoms with Gasteiger partial charge >= 0.3 is 0 Å². The summed E-state index contributed by atoms with van der Waals surface area (Å²) in [5.74, 6) is 0.103. The zero-order chi connectivity index (χ0) is 24.7.